The van der Waals surface area contributed by atoms with Crippen molar-refractivity contribution in [1.29, 1.82) is 0 Å². The number of carbonyl (C=O) groups is 2. The monoisotopic (exact) mass is 364 g/mol. The summed E-state index contributed by atoms with van der Waals surface area (Å²) in [6.45, 7) is 4.74. The van der Waals surface area contributed by atoms with Gasteiger partial charge in [0.25, 0.3) is 0 Å². The van der Waals surface area contributed by atoms with Gasteiger partial charge in [0.2, 0.25) is 11.0 Å². The molecule has 1 amide bonds. The summed E-state index contributed by atoms with van der Waals surface area (Å²) < 4.78 is 0.772. The molecular weight excluding hydrogens is 344 g/mol. The summed E-state index contributed by atoms with van der Waals surface area (Å²) in [7, 11) is 0. The molecule has 1 heterocycles. The van der Waals surface area contributed by atoms with E-state index in [1.54, 1.807) is 31.2 Å². The van der Waals surface area contributed by atoms with Crippen LogP contribution in [-0.2, 0) is 4.79 Å². The van der Waals surface area contributed by atoms with Crippen LogP contribution in [0.3, 0.4) is 0 Å². The molecule has 0 spiro atoms. The first-order chi connectivity index (χ1) is 11.6. The molecule has 2 N–H and O–H groups in total. The Bertz CT molecular complexity index is 686. The lowest BCUT2D eigenvalue weighted by Crippen LogP contribution is -2.09. The van der Waals surface area contributed by atoms with E-state index in [9.17, 15) is 9.59 Å². The maximum Gasteiger partial charge on any atom is 0.224 e. The van der Waals surface area contributed by atoms with Crippen LogP contribution in [0.1, 0.15) is 37.0 Å². The summed E-state index contributed by atoms with van der Waals surface area (Å²) in [6, 6.07) is 6.93. The van der Waals surface area contributed by atoms with Crippen molar-refractivity contribution in [2.75, 3.05) is 22.9 Å². The van der Waals surface area contributed by atoms with E-state index in [-0.39, 0.29) is 11.7 Å². The van der Waals surface area contributed by atoms with Crippen LogP contribution in [0, 0.1) is 0 Å². The third kappa shape index (κ3) is 5.61. The smallest absolute Gasteiger partial charge is 0.224 e. The molecule has 0 unspecified atom stereocenters. The second kappa shape index (κ2) is 9.39. The third-order valence-corrected chi connectivity index (χ3v) is 5.09. The molecule has 0 aliphatic rings. The molecule has 0 radical (unpaired) electrons. The maximum atomic E-state index is 12.2. The molecule has 0 saturated heterocycles. The van der Waals surface area contributed by atoms with Gasteiger partial charge in [0.15, 0.2) is 10.1 Å². The molecule has 0 saturated carbocycles. The highest BCUT2D eigenvalue weighted by molar-refractivity contribution is 8.01. The van der Waals surface area contributed by atoms with Gasteiger partial charge in [-0.1, -0.05) is 36.9 Å². The molecule has 0 atom stereocenters. The normalized spacial score (nSPS) is 10.4. The Kier molecular flexibility index (Phi) is 7.20. The number of nitrogens with one attached hydrogen (secondary N) is 2. The van der Waals surface area contributed by atoms with Crippen molar-refractivity contribution in [1.82, 2.24) is 10.2 Å². The molecular formula is C16H20N4O2S2. The number of thioether (sulfide) groups is 1. The highest BCUT2D eigenvalue weighted by atomic mass is 32.2. The Morgan fingerprint density at radius 1 is 1.17 bits per heavy atom. The van der Waals surface area contributed by atoms with Crippen LogP contribution in [0.2, 0.25) is 0 Å². The molecule has 128 valence electrons. The summed E-state index contributed by atoms with van der Waals surface area (Å²) in [6.07, 6.45) is 1.45. The number of hydrogen-bond donors (Lipinski definition) is 2. The molecule has 1 aromatic heterocycles. The van der Waals surface area contributed by atoms with Crippen molar-refractivity contribution in [2.24, 2.45) is 0 Å². The van der Waals surface area contributed by atoms with Crippen molar-refractivity contribution >= 4 is 45.6 Å². The third-order valence-electron chi connectivity index (χ3n) is 3.07. The highest BCUT2D eigenvalue weighted by Gasteiger charge is 2.10. The van der Waals surface area contributed by atoms with E-state index in [2.05, 4.69) is 27.8 Å². The largest absolute Gasteiger partial charge is 0.360 e. The lowest BCUT2D eigenvalue weighted by molar-refractivity contribution is -0.115. The van der Waals surface area contributed by atoms with Crippen molar-refractivity contribution in [3.63, 3.8) is 0 Å². The van der Waals surface area contributed by atoms with Crippen molar-refractivity contribution < 1.29 is 9.59 Å². The average Bonchev–Trinajstić information content (AvgIpc) is 3.06. The number of aromatic nitrogens is 2. The van der Waals surface area contributed by atoms with Crippen molar-refractivity contribution in [2.45, 2.75) is 31.0 Å². The van der Waals surface area contributed by atoms with Crippen LogP contribution >= 0.6 is 23.1 Å². The number of ketones is 1. The minimum absolute atomic E-state index is 0.0200. The Labute approximate surface area is 149 Å². The zero-order valence-corrected chi connectivity index (χ0v) is 15.3. The number of carbonyl (C=O) groups excluding carboxylic acids is 2. The number of anilines is 2. The minimum atomic E-state index is -0.0478. The quantitative estimate of drug-likeness (QED) is 0.521. The van der Waals surface area contributed by atoms with Crippen LogP contribution < -0.4 is 10.6 Å². The topological polar surface area (TPSA) is 84.0 Å². The second-order valence-corrected chi connectivity index (χ2v) is 7.19. The molecule has 8 heteroatoms. The van der Waals surface area contributed by atoms with Crippen molar-refractivity contribution in [3.05, 3.63) is 29.8 Å². The fraction of sp³-hybridized carbons (Fsp3) is 0.375. The molecule has 2 rings (SSSR count). The summed E-state index contributed by atoms with van der Waals surface area (Å²) in [5.41, 5.74) is 1.31. The number of benzene rings is 1. The summed E-state index contributed by atoms with van der Waals surface area (Å²) in [5, 5.41) is 14.8. The van der Waals surface area contributed by atoms with Gasteiger partial charge in [-0.05, 0) is 30.7 Å². The van der Waals surface area contributed by atoms with Gasteiger partial charge in [-0.3, -0.25) is 9.59 Å². The number of hydrogen-bond acceptors (Lipinski definition) is 7. The second-order valence-electron chi connectivity index (χ2n) is 4.99. The van der Waals surface area contributed by atoms with Gasteiger partial charge in [-0.2, -0.15) is 0 Å². The molecule has 1 aromatic carbocycles. The average molecular weight is 364 g/mol. The van der Waals surface area contributed by atoms with Gasteiger partial charge in [0.05, 0.1) is 5.75 Å². The fourth-order valence-electron chi connectivity index (χ4n) is 1.77. The molecule has 0 aliphatic heterocycles. The van der Waals surface area contributed by atoms with E-state index >= 15 is 0 Å². The number of nitrogens with zero attached hydrogens (tertiary/aromatic N) is 2. The summed E-state index contributed by atoms with van der Waals surface area (Å²) >= 11 is 2.83. The van der Waals surface area contributed by atoms with Crippen LogP contribution in [0.5, 0.6) is 0 Å². The lowest BCUT2D eigenvalue weighted by atomic mass is 10.1. The van der Waals surface area contributed by atoms with E-state index < -0.39 is 0 Å². The van der Waals surface area contributed by atoms with E-state index in [0.29, 0.717) is 23.4 Å². The summed E-state index contributed by atoms with van der Waals surface area (Å²) in [5.74, 6) is 0.281. The first kappa shape index (κ1) is 18.4. The zero-order valence-electron chi connectivity index (χ0n) is 13.7. The van der Waals surface area contributed by atoms with E-state index in [4.69, 9.17) is 0 Å². The Morgan fingerprint density at radius 2 is 1.92 bits per heavy atom. The first-order valence-electron chi connectivity index (χ1n) is 7.75. The van der Waals surface area contributed by atoms with Crippen LogP contribution in [0.15, 0.2) is 28.6 Å². The molecule has 24 heavy (non-hydrogen) atoms. The van der Waals surface area contributed by atoms with Crippen LogP contribution in [0.4, 0.5) is 10.8 Å². The maximum absolute atomic E-state index is 12.2. The highest BCUT2D eigenvalue weighted by Crippen LogP contribution is 2.26. The number of Topliss-reactive ketones (excluding diaryl/α,β-unsaturated/α-hetero) is 1. The predicted molar refractivity (Wildman–Crippen MR) is 99.1 cm³/mol. The standard InChI is InChI=1S/C16H20N4O2S2/c1-3-9-17-15-19-20-16(24-15)23-10-13(21)11-5-7-12(8-6-11)18-14(22)4-2/h5-8H,3-4,9-10H2,1-2H3,(H,17,19)(H,18,22). The van der Waals surface area contributed by atoms with Gasteiger partial charge in [0, 0.05) is 24.2 Å². The molecule has 0 aliphatic carbocycles. The van der Waals surface area contributed by atoms with Crippen LogP contribution in [0.25, 0.3) is 0 Å². The van der Waals surface area contributed by atoms with Gasteiger partial charge < -0.3 is 10.6 Å². The van der Waals surface area contributed by atoms with Gasteiger partial charge in [-0.25, -0.2) is 0 Å². The van der Waals surface area contributed by atoms with E-state index in [0.717, 1.165) is 22.4 Å². The Balaban J connectivity index is 1.85. The first-order valence-corrected chi connectivity index (χ1v) is 9.55. The van der Waals surface area contributed by atoms with Gasteiger partial charge in [0.1, 0.15) is 0 Å². The Morgan fingerprint density at radius 3 is 2.58 bits per heavy atom. The van der Waals surface area contributed by atoms with Gasteiger partial charge >= 0.3 is 0 Å². The zero-order chi connectivity index (χ0) is 17.4. The van der Waals surface area contributed by atoms with Crippen molar-refractivity contribution in [3.8, 4) is 0 Å². The number of rotatable bonds is 9. The molecule has 0 fully saturated rings. The molecule has 0 bridgehead atoms. The SMILES string of the molecule is CCCNc1nnc(SCC(=O)c2ccc(NC(=O)CC)cc2)s1. The molecule has 6 nitrogen and oxygen atoms in total. The molecule has 2 aromatic rings. The Hall–Kier alpha value is -1.93. The van der Waals surface area contributed by atoms with E-state index in [1.165, 1.54) is 23.1 Å². The predicted octanol–water partition coefficient (Wildman–Crippen LogP) is 3.68. The van der Waals surface area contributed by atoms with E-state index in [1.807, 2.05) is 0 Å². The fourth-order valence-corrected chi connectivity index (χ4v) is 3.44. The van der Waals surface area contributed by atoms with Crippen LogP contribution in [-0.4, -0.2) is 34.2 Å². The lowest BCUT2D eigenvalue weighted by Gasteiger charge is -2.04. The summed E-state index contributed by atoms with van der Waals surface area (Å²) in [4.78, 5) is 23.5. The number of amides is 1. The van der Waals surface area contributed by atoms with Gasteiger partial charge in [-0.15, -0.1) is 10.2 Å². The minimum Gasteiger partial charge on any atom is -0.360 e.